The van der Waals surface area contributed by atoms with E-state index in [9.17, 15) is 0 Å². The topological polar surface area (TPSA) is 18.5 Å². The van der Waals surface area contributed by atoms with Crippen molar-refractivity contribution in [1.29, 1.82) is 0 Å². The van der Waals surface area contributed by atoms with Crippen molar-refractivity contribution in [3.8, 4) is 5.75 Å². The molecule has 1 aliphatic heterocycles. The summed E-state index contributed by atoms with van der Waals surface area (Å²) in [6, 6.07) is 18.1. The van der Waals surface area contributed by atoms with Crippen LogP contribution in [0.2, 0.25) is 0 Å². The highest BCUT2D eigenvalue weighted by molar-refractivity contribution is 5.91. The molecule has 2 nitrogen and oxygen atoms in total. The minimum atomic E-state index is 0.724. The molecule has 0 saturated carbocycles. The lowest BCUT2D eigenvalue weighted by molar-refractivity contribution is 0.294. The molecule has 0 saturated heterocycles. The molecule has 3 rings (SSSR count). The summed E-state index contributed by atoms with van der Waals surface area (Å²) < 4.78 is 11.1. The second-order valence-electron chi connectivity index (χ2n) is 4.27. The molecule has 2 heteroatoms. The Kier molecular flexibility index (Phi) is 3.07. The first-order valence-electron chi connectivity index (χ1n) is 6.16. The van der Waals surface area contributed by atoms with Crippen LogP contribution in [0.1, 0.15) is 11.1 Å². The Labute approximate surface area is 112 Å². The molecular weight excluding hydrogens is 236 g/mol. The zero-order chi connectivity index (χ0) is 13.1. The average Bonchev–Trinajstić information content (AvgIpc) is 2.67. The van der Waals surface area contributed by atoms with Gasteiger partial charge in [0.05, 0.1) is 7.11 Å². The molecule has 0 bridgehead atoms. The standard InChI is InChI=1S/C17H14O2/c1-18-17-12-19-16-10-6-5-9-14(16)11-15(17)13-7-3-2-4-8-13/h2-12H,1H3. The van der Waals surface area contributed by atoms with Crippen LogP contribution < -0.4 is 4.74 Å². The largest absolute Gasteiger partial charge is 0.493 e. The highest BCUT2D eigenvalue weighted by atomic mass is 16.5. The maximum absolute atomic E-state index is 5.66. The molecule has 0 N–H and O–H groups in total. The highest BCUT2D eigenvalue weighted by Crippen LogP contribution is 2.32. The number of hydrogen-bond donors (Lipinski definition) is 0. The molecule has 94 valence electrons. The van der Waals surface area contributed by atoms with Gasteiger partial charge in [0.15, 0.2) is 5.76 Å². The molecule has 0 aromatic heterocycles. The van der Waals surface area contributed by atoms with Gasteiger partial charge in [-0.2, -0.15) is 0 Å². The van der Waals surface area contributed by atoms with Crippen molar-refractivity contribution in [2.75, 3.05) is 7.11 Å². The lowest BCUT2D eigenvalue weighted by atomic mass is 10.0. The Hall–Kier alpha value is -2.48. The van der Waals surface area contributed by atoms with E-state index >= 15 is 0 Å². The minimum absolute atomic E-state index is 0.724. The van der Waals surface area contributed by atoms with Crippen LogP contribution in [0, 0.1) is 0 Å². The lowest BCUT2D eigenvalue weighted by Gasteiger charge is -2.09. The van der Waals surface area contributed by atoms with E-state index in [1.165, 1.54) is 0 Å². The Bertz CT molecular complexity index is 639. The van der Waals surface area contributed by atoms with Crippen LogP contribution in [0.4, 0.5) is 0 Å². The number of allylic oxidation sites excluding steroid dienone is 1. The van der Waals surface area contributed by atoms with E-state index in [2.05, 4.69) is 18.2 Å². The summed E-state index contributed by atoms with van der Waals surface area (Å²) in [6.45, 7) is 0. The molecule has 2 aromatic rings. The van der Waals surface area contributed by atoms with Gasteiger partial charge in [-0.15, -0.1) is 0 Å². The van der Waals surface area contributed by atoms with Crippen molar-refractivity contribution in [2.45, 2.75) is 0 Å². The minimum Gasteiger partial charge on any atom is -0.493 e. The Morgan fingerprint density at radius 3 is 2.42 bits per heavy atom. The molecule has 0 spiro atoms. The number of benzene rings is 2. The summed E-state index contributed by atoms with van der Waals surface area (Å²) in [4.78, 5) is 0. The van der Waals surface area contributed by atoms with Crippen LogP contribution in [0.3, 0.4) is 0 Å². The summed E-state index contributed by atoms with van der Waals surface area (Å²) in [5.74, 6) is 1.56. The van der Waals surface area contributed by atoms with Gasteiger partial charge in [-0.25, -0.2) is 0 Å². The zero-order valence-corrected chi connectivity index (χ0v) is 10.7. The first-order chi connectivity index (χ1) is 9.38. The first kappa shape index (κ1) is 11.6. The van der Waals surface area contributed by atoms with Crippen LogP contribution in [0.15, 0.2) is 66.6 Å². The van der Waals surface area contributed by atoms with Gasteiger partial charge < -0.3 is 9.47 Å². The summed E-state index contributed by atoms with van der Waals surface area (Å²) in [6.07, 6.45) is 3.75. The summed E-state index contributed by atoms with van der Waals surface area (Å²) in [5.41, 5.74) is 3.17. The third kappa shape index (κ3) is 2.25. The van der Waals surface area contributed by atoms with Crippen molar-refractivity contribution in [3.05, 3.63) is 77.7 Å². The van der Waals surface area contributed by atoms with E-state index in [0.29, 0.717) is 0 Å². The van der Waals surface area contributed by atoms with E-state index in [1.807, 2.05) is 42.5 Å². The number of rotatable bonds is 2. The third-order valence-corrected chi connectivity index (χ3v) is 3.08. The summed E-state index contributed by atoms with van der Waals surface area (Å²) >= 11 is 0. The predicted molar refractivity (Wildman–Crippen MR) is 76.5 cm³/mol. The fraction of sp³-hybridized carbons (Fsp3) is 0.0588. The quantitative estimate of drug-likeness (QED) is 0.798. The van der Waals surface area contributed by atoms with Crippen molar-refractivity contribution < 1.29 is 9.47 Å². The maximum Gasteiger partial charge on any atom is 0.161 e. The van der Waals surface area contributed by atoms with Crippen LogP contribution in [0.5, 0.6) is 5.75 Å². The molecule has 0 aliphatic carbocycles. The number of methoxy groups -OCH3 is 1. The highest BCUT2D eigenvalue weighted by Gasteiger charge is 2.14. The van der Waals surface area contributed by atoms with Gasteiger partial charge in [0.25, 0.3) is 0 Å². The molecule has 1 aliphatic rings. The molecule has 1 heterocycles. The SMILES string of the molecule is COC1=COc2ccccc2C=C1c1ccccc1. The van der Waals surface area contributed by atoms with Gasteiger partial charge in [0.2, 0.25) is 0 Å². The molecule has 0 unspecified atom stereocenters. The molecule has 0 fully saturated rings. The smallest absolute Gasteiger partial charge is 0.161 e. The lowest BCUT2D eigenvalue weighted by Crippen LogP contribution is -1.93. The van der Waals surface area contributed by atoms with E-state index in [1.54, 1.807) is 13.4 Å². The van der Waals surface area contributed by atoms with Crippen LogP contribution in [-0.2, 0) is 4.74 Å². The van der Waals surface area contributed by atoms with Gasteiger partial charge in [0, 0.05) is 11.1 Å². The normalized spacial score (nSPS) is 13.5. The number of ether oxygens (including phenoxy) is 2. The monoisotopic (exact) mass is 250 g/mol. The number of para-hydroxylation sites is 1. The van der Waals surface area contributed by atoms with Crippen molar-refractivity contribution >= 4 is 11.6 Å². The molecule has 0 radical (unpaired) electrons. The molecule has 0 atom stereocenters. The average molecular weight is 250 g/mol. The second kappa shape index (κ2) is 5.02. The van der Waals surface area contributed by atoms with Crippen molar-refractivity contribution in [1.82, 2.24) is 0 Å². The van der Waals surface area contributed by atoms with E-state index in [0.717, 1.165) is 28.2 Å². The Morgan fingerprint density at radius 2 is 1.63 bits per heavy atom. The predicted octanol–water partition coefficient (Wildman–Crippen LogP) is 4.11. The van der Waals surface area contributed by atoms with Crippen molar-refractivity contribution in [2.24, 2.45) is 0 Å². The zero-order valence-electron chi connectivity index (χ0n) is 10.7. The van der Waals surface area contributed by atoms with Crippen LogP contribution >= 0.6 is 0 Å². The van der Waals surface area contributed by atoms with E-state index < -0.39 is 0 Å². The summed E-state index contributed by atoms with van der Waals surface area (Å²) in [5, 5.41) is 0. The van der Waals surface area contributed by atoms with Gasteiger partial charge in [-0.1, -0.05) is 48.5 Å². The Morgan fingerprint density at radius 1 is 0.895 bits per heavy atom. The van der Waals surface area contributed by atoms with Crippen molar-refractivity contribution in [3.63, 3.8) is 0 Å². The fourth-order valence-corrected chi connectivity index (χ4v) is 2.12. The Balaban J connectivity index is 2.16. The number of fused-ring (bicyclic) bond motifs is 1. The number of hydrogen-bond acceptors (Lipinski definition) is 2. The fourth-order valence-electron chi connectivity index (χ4n) is 2.12. The van der Waals surface area contributed by atoms with Gasteiger partial charge in [-0.05, 0) is 17.7 Å². The molecule has 0 amide bonds. The second-order valence-corrected chi connectivity index (χ2v) is 4.27. The molecular formula is C17H14O2. The van der Waals surface area contributed by atoms with Crippen LogP contribution in [0.25, 0.3) is 11.6 Å². The third-order valence-electron chi connectivity index (χ3n) is 3.08. The van der Waals surface area contributed by atoms with Gasteiger partial charge in [0.1, 0.15) is 12.0 Å². The van der Waals surface area contributed by atoms with E-state index in [4.69, 9.17) is 9.47 Å². The maximum atomic E-state index is 5.66. The van der Waals surface area contributed by atoms with E-state index in [-0.39, 0.29) is 0 Å². The molecule has 2 aromatic carbocycles. The molecule has 19 heavy (non-hydrogen) atoms. The first-order valence-corrected chi connectivity index (χ1v) is 6.16. The van der Waals surface area contributed by atoms with Gasteiger partial charge >= 0.3 is 0 Å². The summed E-state index contributed by atoms with van der Waals surface area (Å²) in [7, 11) is 1.65. The van der Waals surface area contributed by atoms with Gasteiger partial charge in [-0.3, -0.25) is 0 Å². The van der Waals surface area contributed by atoms with Crippen LogP contribution in [-0.4, -0.2) is 7.11 Å².